The highest BCUT2D eigenvalue weighted by molar-refractivity contribution is 7.22. The van der Waals surface area contributed by atoms with Gasteiger partial charge in [-0.2, -0.15) is 0 Å². The van der Waals surface area contributed by atoms with E-state index in [0.29, 0.717) is 36.6 Å². The lowest BCUT2D eigenvalue weighted by Crippen LogP contribution is -2.40. The number of thiazole rings is 1. The van der Waals surface area contributed by atoms with Crippen LogP contribution in [0.5, 0.6) is 5.75 Å². The van der Waals surface area contributed by atoms with E-state index in [1.54, 1.807) is 0 Å². The molecule has 1 aromatic heterocycles. The summed E-state index contributed by atoms with van der Waals surface area (Å²) in [4.78, 5) is 20.9. The van der Waals surface area contributed by atoms with Gasteiger partial charge in [0.2, 0.25) is 0 Å². The summed E-state index contributed by atoms with van der Waals surface area (Å²) in [5, 5.41) is 0.277. The number of halogens is 3. The summed E-state index contributed by atoms with van der Waals surface area (Å²) in [5.41, 5.74) is 0.0248. The maximum Gasteiger partial charge on any atom is 0.266 e. The third kappa shape index (κ3) is 5.56. The quantitative estimate of drug-likeness (QED) is 0.506. The van der Waals surface area contributed by atoms with Gasteiger partial charge in [0.15, 0.2) is 17.6 Å². The summed E-state index contributed by atoms with van der Waals surface area (Å²) in [7, 11) is 0. The Hall–Kier alpha value is -2.69. The molecule has 4 rings (SSSR count). The number of carbonyl (C=O) groups is 1. The van der Waals surface area contributed by atoms with E-state index in [1.807, 2.05) is 0 Å². The Morgan fingerprint density at radius 3 is 2.62 bits per heavy atom. The molecule has 1 fully saturated rings. The summed E-state index contributed by atoms with van der Waals surface area (Å²) < 4.78 is 52.0. The minimum absolute atomic E-state index is 0.0248. The molecular formula is C22H22F3N3O3S. The van der Waals surface area contributed by atoms with Crippen LogP contribution in [0.1, 0.15) is 6.42 Å². The molecule has 1 amide bonds. The SMILES string of the molecule is O=C(COc1ccc(F)cc1)N(CCCN1CCOCC1)c1nc2c(F)cc(F)cc2s1. The monoisotopic (exact) mass is 465 g/mol. The maximum atomic E-state index is 14.1. The summed E-state index contributed by atoms with van der Waals surface area (Å²) in [6, 6.07) is 7.32. The molecule has 6 nitrogen and oxygen atoms in total. The predicted molar refractivity (Wildman–Crippen MR) is 116 cm³/mol. The molecule has 170 valence electrons. The highest BCUT2D eigenvalue weighted by atomic mass is 32.1. The van der Waals surface area contributed by atoms with E-state index in [0.717, 1.165) is 37.0 Å². The third-order valence-electron chi connectivity index (χ3n) is 5.07. The first-order chi connectivity index (χ1) is 15.5. The van der Waals surface area contributed by atoms with Gasteiger partial charge < -0.3 is 9.47 Å². The van der Waals surface area contributed by atoms with Crippen molar-refractivity contribution in [3.63, 3.8) is 0 Å². The molecule has 10 heteroatoms. The van der Waals surface area contributed by atoms with E-state index in [1.165, 1.54) is 35.2 Å². The maximum absolute atomic E-state index is 14.1. The molecule has 0 aliphatic carbocycles. The number of anilines is 1. The number of morpholine rings is 1. The van der Waals surface area contributed by atoms with Gasteiger partial charge in [-0.05, 0) is 36.8 Å². The molecule has 0 bridgehead atoms. The number of fused-ring (bicyclic) bond motifs is 1. The van der Waals surface area contributed by atoms with Crippen molar-refractivity contribution < 1.29 is 27.4 Å². The van der Waals surface area contributed by atoms with Crippen molar-refractivity contribution >= 4 is 32.6 Å². The molecule has 32 heavy (non-hydrogen) atoms. The largest absolute Gasteiger partial charge is 0.484 e. The Kier molecular flexibility index (Phi) is 7.23. The van der Waals surface area contributed by atoms with E-state index in [4.69, 9.17) is 9.47 Å². The van der Waals surface area contributed by atoms with Crippen LogP contribution in [-0.2, 0) is 9.53 Å². The van der Waals surface area contributed by atoms with Crippen LogP contribution in [0.15, 0.2) is 36.4 Å². The lowest BCUT2D eigenvalue weighted by Gasteiger charge is -2.27. The van der Waals surface area contributed by atoms with Crippen LogP contribution in [0.3, 0.4) is 0 Å². The van der Waals surface area contributed by atoms with Gasteiger partial charge in [-0.25, -0.2) is 18.2 Å². The molecule has 0 spiro atoms. The topological polar surface area (TPSA) is 54.9 Å². The first-order valence-corrected chi connectivity index (χ1v) is 11.1. The van der Waals surface area contributed by atoms with E-state index in [-0.39, 0.29) is 23.2 Å². The van der Waals surface area contributed by atoms with Crippen LogP contribution in [0.25, 0.3) is 10.2 Å². The molecule has 0 unspecified atom stereocenters. The number of benzene rings is 2. The van der Waals surface area contributed by atoms with E-state index in [2.05, 4.69) is 9.88 Å². The van der Waals surface area contributed by atoms with Gasteiger partial charge in [0, 0.05) is 32.2 Å². The van der Waals surface area contributed by atoms with Gasteiger partial charge in [-0.1, -0.05) is 11.3 Å². The number of hydrogen-bond acceptors (Lipinski definition) is 6. The fourth-order valence-electron chi connectivity index (χ4n) is 3.42. The van der Waals surface area contributed by atoms with Gasteiger partial charge in [0.05, 0.1) is 17.9 Å². The molecule has 1 aliphatic rings. The molecular weight excluding hydrogens is 443 g/mol. The zero-order valence-corrected chi connectivity index (χ0v) is 18.0. The average Bonchev–Trinajstić information content (AvgIpc) is 3.21. The number of carbonyl (C=O) groups excluding carboxylic acids is 1. The number of aromatic nitrogens is 1. The van der Waals surface area contributed by atoms with Crippen LogP contribution < -0.4 is 9.64 Å². The standard InChI is InChI=1S/C22H22F3N3O3S/c23-15-2-4-17(5-3-15)31-14-20(29)28(7-1-6-27-8-10-30-11-9-27)22-26-21-18(25)12-16(24)13-19(21)32-22/h2-5,12-13H,1,6-11,14H2. The normalized spacial score (nSPS) is 14.6. The highest BCUT2D eigenvalue weighted by Crippen LogP contribution is 2.31. The van der Waals surface area contributed by atoms with Crippen molar-refractivity contribution in [2.45, 2.75) is 6.42 Å². The van der Waals surface area contributed by atoms with Crippen LogP contribution in [-0.4, -0.2) is 61.8 Å². The molecule has 0 radical (unpaired) electrons. The smallest absolute Gasteiger partial charge is 0.266 e. The molecule has 2 heterocycles. The Balaban J connectivity index is 1.49. The van der Waals surface area contributed by atoms with Crippen molar-refractivity contribution in [3.05, 3.63) is 53.8 Å². The number of rotatable bonds is 8. The Labute approximate surface area is 187 Å². The van der Waals surface area contributed by atoms with E-state index >= 15 is 0 Å². The van der Waals surface area contributed by atoms with Crippen molar-refractivity contribution in [3.8, 4) is 5.75 Å². The Morgan fingerprint density at radius 2 is 1.88 bits per heavy atom. The van der Waals surface area contributed by atoms with Gasteiger partial charge in [0.1, 0.15) is 22.9 Å². The molecule has 0 saturated carbocycles. The number of hydrogen-bond donors (Lipinski definition) is 0. The minimum atomic E-state index is -0.772. The first kappa shape index (κ1) is 22.5. The summed E-state index contributed by atoms with van der Waals surface area (Å²) in [6.07, 6.45) is 0.662. The van der Waals surface area contributed by atoms with Gasteiger partial charge in [0.25, 0.3) is 5.91 Å². The molecule has 3 aromatic rings. The van der Waals surface area contributed by atoms with Crippen molar-refractivity contribution in [1.29, 1.82) is 0 Å². The third-order valence-corrected chi connectivity index (χ3v) is 6.09. The second-order valence-corrected chi connectivity index (χ2v) is 8.34. The average molecular weight is 465 g/mol. The zero-order valence-electron chi connectivity index (χ0n) is 17.2. The van der Waals surface area contributed by atoms with E-state index in [9.17, 15) is 18.0 Å². The zero-order chi connectivity index (χ0) is 22.5. The van der Waals surface area contributed by atoms with Gasteiger partial charge in [-0.3, -0.25) is 14.6 Å². The minimum Gasteiger partial charge on any atom is -0.484 e. The Bertz CT molecular complexity index is 1070. The lowest BCUT2D eigenvalue weighted by molar-refractivity contribution is -0.120. The van der Waals surface area contributed by atoms with Gasteiger partial charge in [-0.15, -0.1) is 0 Å². The first-order valence-electron chi connectivity index (χ1n) is 10.2. The summed E-state index contributed by atoms with van der Waals surface area (Å²) >= 11 is 1.05. The molecule has 1 saturated heterocycles. The van der Waals surface area contributed by atoms with Crippen LogP contribution in [0, 0.1) is 17.5 Å². The van der Waals surface area contributed by atoms with Crippen molar-refractivity contribution in [2.24, 2.45) is 0 Å². The fraction of sp³-hybridized carbons (Fsp3) is 0.364. The second-order valence-electron chi connectivity index (χ2n) is 7.33. The van der Waals surface area contributed by atoms with Crippen molar-refractivity contribution in [1.82, 2.24) is 9.88 Å². The lowest BCUT2D eigenvalue weighted by atomic mass is 10.3. The number of ether oxygens (including phenoxy) is 2. The Morgan fingerprint density at radius 1 is 1.12 bits per heavy atom. The van der Waals surface area contributed by atoms with Crippen LogP contribution in [0.4, 0.5) is 18.3 Å². The summed E-state index contributed by atoms with van der Waals surface area (Å²) in [5.74, 6) is -1.90. The number of nitrogens with zero attached hydrogens (tertiary/aromatic N) is 3. The van der Waals surface area contributed by atoms with Gasteiger partial charge >= 0.3 is 0 Å². The fourth-order valence-corrected chi connectivity index (χ4v) is 4.47. The van der Waals surface area contributed by atoms with Crippen LogP contribution in [0.2, 0.25) is 0 Å². The highest BCUT2D eigenvalue weighted by Gasteiger charge is 2.22. The summed E-state index contributed by atoms with van der Waals surface area (Å²) in [6.45, 7) is 3.82. The second kappa shape index (κ2) is 10.3. The molecule has 1 aliphatic heterocycles. The number of amides is 1. The molecule has 0 atom stereocenters. The molecule has 0 N–H and O–H groups in total. The van der Waals surface area contributed by atoms with Crippen molar-refractivity contribution in [2.75, 3.05) is 50.9 Å². The molecule has 2 aromatic carbocycles. The van der Waals surface area contributed by atoms with E-state index < -0.39 is 17.5 Å². The predicted octanol–water partition coefficient (Wildman–Crippen LogP) is 3.85. The van der Waals surface area contributed by atoms with Crippen LogP contribution >= 0.6 is 11.3 Å².